The number of hydrogen-bond acceptors (Lipinski definition) is 2. The highest BCUT2D eigenvalue weighted by atomic mass is 28.4. The maximum Gasteiger partial charge on any atom is 0.262 e. The molecule has 2 aromatic carbocycles. The lowest BCUT2D eigenvalue weighted by Crippen LogP contribution is -2.68. The first-order valence-corrected chi connectivity index (χ1v) is 10.6. The second-order valence-electron chi connectivity index (χ2n) is 7.72. The van der Waals surface area contributed by atoms with Crippen molar-refractivity contribution in [2.45, 2.75) is 44.8 Å². The molecule has 0 aromatic heterocycles. The normalized spacial score (nSPS) is 16.6. The van der Waals surface area contributed by atoms with E-state index in [0.29, 0.717) is 5.92 Å². The van der Waals surface area contributed by atoms with Gasteiger partial charge in [-0.25, -0.2) is 0 Å². The number of rotatable bonds is 6. The molecular weight excluding hydrogens is 312 g/mol. The van der Waals surface area contributed by atoms with Gasteiger partial charge in [-0.3, -0.25) is 0 Å². The zero-order valence-corrected chi connectivity index (χ0v) is 15.7. The van der Waals surface area contributed by atoms with Gasteiger partial charge >= 0.3 is 0 Å². The molecule has 3 heteroatoms. The quantitative estimate of drug-likeness (QED) is 0.595. The molecule has 24 heavy (non-hydrogen) atoms. The Morgan fingerprint density at radius 1 is 0.958 bits per heavy atom. The molecule has 0 saturated heterocycles. The fraction of sp³-hybridized carbons (Fsp3) is 0.381. The molecule has 0 unspecified atom stereocenters. The Labute approximate surface area is 146 Å². The van der Waals surface area contributed by atoms with Gasteiger partial charge in [0, 0.05) is 0 Å². The Hall–Kier alpha value is -1.71. The Bertz CT molecular complexity index is 632. The van der Waals surface area contributed by atoms with E-state index in [4.69, 9.17) is 4.43 Å². The van der Waals surface area contributed by atoms with Crippen LogP contribution in [0.5, 0.6) is 0 Å². The van der Waals surface area contributed by atoms with Gasteiger partial charge < -0.3 is 9.22 Å². The lowest BCUT2D eigenvalue weighted by molar-refractivity contribution is -0.114. The zero-order chi connectivity index (χ0) is 17.2. The zero-order valence-electron chi connectivity index (χ0n) is 14.7. The van der Waals surface area contributed by atoms with Gasteiger partial charge in [0.1, 0.15) is 12.4 Å². The minimum atomic E-state index is -2.59. The fourth-order valence-corrected chi connectivity index (χ4v) is 8.23. The molecule has 1 fully saturated rings. The number of carbonyl (C=O) groups excluding carboxylic acids is 1. The van der Waals surface area contributed by atoms with Crippen molar-refractivity contribution < 1.29 is 9.22 Å². The highest BCUT2D eigenvalue weighted by molar-refractivity contribution is 6.99. The first-order valence-electron chi connectivity index (χ1n) is 8.73. The molecular formula is C21H26O2Si. The van der Waals surface area contributed by atoms with E-state index in [2.05, 4.69) is 69.3 Å². The summed E-state index contributed by atoms with van der Waals surface area (Å²) >= 11 is 0. The Balaban J connectivity index is 2.18. The predicted octanol–water partition coefficient (Wildman–Crippen LogP) is 3.54. The molecule has 0 bridgehead atoms. The molecule has 0 amide bonds. The molecule has 1 aliphatic rings. The number of hydrogen-bond donors (Lipinski definition) is 0. The van der Waals surface area contributed by atoms with Gasteiger partial charge in [0.15, 0.2) is 0 Å². The van der Waals surface area contributed by atoms with E-state index in [0.717, 1.165) is 19.1 Å². The molecule has 126 valence electrons. The van der Waals surface area contributed by atoms with Crippen LogP contribution in [0.3, 0.4) is 0 Å². The lowest BCUT2D eigenvalue weighted by Gasteiger charge is -2.44. The van der Waals surface area contributed by atoms with Crippen molar-refractivity contribution in [2.75, 3.05) is 0 Å². The Kier molecular flexibility index (Phi) is 4.75. The molecule has 0 spiro atoms. The van der Waals surface area contributed by atoms with Crippen LogP contribution in [-0.2, 0) is 9.22 Å². The fourth-order valence-electron chi connectivity index (χ4n) is 3.56. The van der Waals surface area contributed by atoms with Gasteiger partial charge in [0.05, 0.1) is 0 Å². The van der Waals surface area contributed by atoms with E-state index in [9.17, 15) is 4.79 Å². The van der Waals surface area contributed by atoms with Crippen LogP contribution in [0.25, 0.3) is 0 Å². The number of aldehydes is 1. The molecule has 0 radical (unpaired) electrons. The first kappa shape index (κ1) is 17.1. The van der Waals surface area contributed by atoms with Crippen LogP contribution >= 0.6 is 0 Å². The molecule has 1 atom stereocenters. The van der Waals surface area contributed by atoms with Crippen LogP contribution < -0.4 is 10.4 Å². The smallest absolute Gasteiger partial charge is 0.262 e. The highest BCUT2D eigenvalue weighted by Crippen LogP contribution is 2.41. The van der Waals surface area contributed by atoms with Crippen molar-refractivity contribution in [3.05, 3.63) is 60.7 Å². The van der Waals surface area contributed by atoms with Crippen LogP contribution in [0.15, 0.2) is 60.7 Å². The molecule has 0 aliphatic heterocycles. The number of carbonyl (C=O) groups is 1. The summed E-state index contributed by atoms with van der Waals surface area (Å²) in [7, 11) is -2.59. The maximum absolute atomic E-state index is 11.8. The number of benzene rings is 2. The molecule has 2 nitrogen and oxygen atoms in total. The average Bonchev–Trinajstić information content (AvgIpc) is 3.41. The van der Waals surface area contributed by atoms with Gasteiger partial charge in [0.2, 0.25) is 0 Å². The van der Waals surface area contributed by atoms with E-state index in [-0.39, 0.29) is 11.1 Å². The van der Waals surface area contributed by atoms with Crippen LogP contribution in [0.4, 0.5) is 0 Å². The summed E-state index contributed by atoms with van der Waals surface area (Å²) in [4.78, 5) is 11.8. The second kappa shape index (κ2) is 6.65. The monoisotopic (exact) mass is 338 g/mol. The average molecular weight is 339 g/mol. The summed E-state index contributed by atoms with van der Waals surface area (Å²) in [6.45, 7) is 6.73. The van der Waals surface area contributed by atoms with Gasteiger partial charge in [-0.2, -0.15) is 0 Å². The molecule has 0 heterocycles. The molecule has 3 rings (SSSR count). The van der Waals surface area contributed by atoms with Gasteiger partial charge in [-0.1, -0.05) is 81.4 Å². The van der Waals surface area contributed by atoms with Crippen LogP contribution in [0, 0.1) is 5.92 Å². The van der Waals surface area contributed by atoms with Crippen LogP contribution in [-0.4, -0.2) is 20.7 Å². The minimum absolute atomic E-state index is 0.0775. The van der Waals surface area contributed by atoms with Gasteiger partial charge in [0.25, 0.3) is 8.32 Å². The van der Waals surface area contributed by atoms with E-state index in [1.807, 2.05) is 12.1 Å². The largest absolute Gasteiger partial charge is 0.397 e. The van der Waals surface area contributed by atoms with E-state index < -0.39 is 8.32 Å². The third kappa shape index (κ3) is 3.11. The molecule has 0 N–H and O–H groups in total. The Morgan fingerprint density at radius 2 is 1.42 bits per heavy atom. The third-order valence-electron chi connectivity index (χ3n) is 4.95. The van der Waals surface area contributed by atoms with Crippen molar-refractivity contribution in [1.82, 2.24) is 0 Å². The second-order valence-corrected chi connectivity index (χ2v) is 12.0. The minimum Gasteiger partial charge on any atom is -0.397 e. The van der Waals surface area contributed by atoms with Crippen LogP contribution in [0.1, 0.15) is 33.6 Å². The summed E-state index contributed by atoms with van der Waals surface area (Å²) in [5, 5.41) is 2.39. The standard InChI is InChI=1S/C21H26O2Si/c1-21(2,3)24(18-10-6-4-7-11-18,19-12-8-5-9-13-19)23-20(16-22)17-14-15-17/h4-13,16-17,20H,14-15H2,1-3H3/t20-/m1/s1. The summed E-state index contributed by atoms with van der Waals surface area (Å²) in [5.74, 6) is 0.393. The van der Waals surface area contributed by atoms with Crippen molar-refractivity contribution in [2.24, 2.45) is 5.92 Å². The van der Waals surface area contributed by atoms with E-state index >= 15 is 0 Å². The summed E-state index contributed by atoms with van der Waals surface area (Å²) in [6.07, 6.45) is 2.93. The third-order valence-corrected chi connectivity index (χ3v) is 9.98. The van der Waals surface area contributed by atoms with E-state index in [1.54, 1.807) is 0 Å². The predicted molar refractivity (Wildman–Crippen MR) is 101 cm³/mol. The maximum atomic E-state index is 11.8. The summed E-state index contributed by atoms with van der Waals surface area (Å²) in [5.41, 5.74) is 0. The molecule has 2 aromatic rings. The van der Waals surface area contributed by atoms with Crippen molar-refractivity contribution in [1.29, 1.82) is 0 Å². The van der Waals surface area contributed by atoms with Crippen molar-refractivity contribution in [3.8, 4) is 0 Å². The highest BCUT2D eigenvalue weighted by Gasteiger charge is 2.52. The summed E-state index contributed by atoms with van der Waals surface area (Å²) < 4.78 is 6.82. The van der Waals surface area contributed by atoms with Crippen molar-refractivity contribution >= 4 is 25.0 Å². The van der Waals surface area contributed by atoms with E-state index in [1.165, 1.54) is 10.4 Å². The summed E-state index contributed by atoms with van der Waals surface area (Å²) in [6, 6.07) is 21.0. The van der Waals surface area contributed by atoms with Gasteiger partial charge in [-0.15, -0.1) is 0 Å². The molecule has 1 aliphatic carbocycles. The topological polar surface area (TPSA) is 26.3 Å². The first-order chi connectivity index (χ1) is 11.5. The Morgan fingerprint density at radius 3 is 1.75 bits per heavy atom. The van der Waals surface area contributed by atoms with Crippen molar-refractivity contribution in [3.63, 3.8) is 0 Å². The van der Waals surface area contributed by atoms with Gasteiger partial charge in [-0.05, 0) is 34.2 Å². The molecule has 1 saturated carbocycles. The SMILES string of the molecule is CC(C)(C)[Si](O[C@H](C=O)C1CC1)(c1ccccc1)c1ccccc1. The lowest BCUT2D eigenvalue weighted by atomic mass is 10.2. The van der Waals surface area contributed by atoms with Crippen LogP contribution in [0.2, 0.25) is 5.04 Å².